The predicted molar refractivity (Wildman–Crippen MR) is 43.4 cm³/mol. The molecule has 0 aliphatic rings. The SMILES string of the molecule is C[Te]Cc1ccc(O)cc1. The summed E-state index contributed by atoms with van der Waals surface area (Å²) in [5.41, 5.74) is 1.35. The molecule has 54 valence electrons. The molecule has 0 atom stereocenters. The quantitative estimate of drug-likeness (QED) is 0.791. The third-order valence-electron chi connectivity index (χ3n) is 1.25. The molecule has 1 aromatic rings. The van der Waals surface area contributed by atoms with Crippen LogP contribution >= 0.6 is 0 Å². The number of benzene rings is 1. The van der Waals surface area contributed by atoms with Gasteiger partial charge in [0, 0.05) is 0 Å². The van der Waals surface area contributed by atoms with E-state index in [1.165, 1.54) is 10.0 Å². The molecule has 0 unspecified atom stereocenters. The molecule has 0 bridgehead atoms. The fraction of sp³-hybridized carbons (Fsp3) is 0.250. The number of hydrogen-bond donors (Lipinski definition) is 1. The average molecular weight is 250 g/mol. The number of phenolic OH excluding ortho intramolecular Hbond substituents is 1. The van der Waals surface area contributed by atoms with Gasteiger partial charge in [0.1, 0.15) is 0 Å². The van der Waals surface area contributed by atoms with Crippen LogP contribution in [-0.4, -0.2) is 26.0 Å². The summed E-state index contributed by atoms with van der Waals surface area (Å²) in [4.78, 5) is 2.28. The number of hydrogen-bond acceptors (Lipinski definition) is 1. The monoisotopic (exact) mass is 252 g/mol. The van der Waals surface area contributed by atoms with Gasteiger partial charge < -0.3 is 0 Å². The minimum absolute atomic E-state index is 0.188. The Morgan fingerprint density at radius 2 is 1.90 bits per heavy atom. The van der Waals surface area contributed by atoms with Gasteiger partial charge in [-0.25, -0.2) is 0 Å². The van der Waals surface area contributed by atoms with E-state index < -0.39 is 0 Å². The van der Waals surface area contributed by atoms with Crippen LogP contribution < -0.4 is 0 Å². The Hall–Kier alpha value is -0.190. The van der Waals surface area contributed by atoms with E-state index in [9.17, 15) is 0 Å². The first-order valence-corrected chi connectivity index (χ1v) is 7.07. The molecule has 0 saturated carbocycles. The molecule has 0 spiro atoms. The molecule has 0 aliphatic carbocycles. The van der Waals surface area contributed by atoms with E-state index in [-0.39, 0.29) is 20.9 Å². The normalized spacial score (nSPS) is 9.70. The fourth-order valence-electron chi connectivity index (χ4n) is 0.759. The Bertz CT molecular complexity index is 193. The van der Waals surface area contributed by atoms with Crippen molar-refractivity contribution in [2.24, 2.45) is 0 Å². The van der Waals surface area contributed by atoms with Crippen molar-refractivity contribution in [3.8, 4) is 5.75 Å². The Balaban J connectivity index is 2.69. The topological polar surface area (TPSA) is 20.2 Å². The van der Waals surface area contributed by atoms with Crippen molar-refractivity contribution in [3.63, 3.8) is 0 Å². The molecule has 0 amide bonds. The fourth-order valence-corrected chi connectivity index (χ4v) is 2.26. The molecule has 2 heteroatoms. The van der Waals surface area contributed by atoms with E-state index in [4.69, 9.17) is 5.11 Å². The minimum atomic E-state index is 0.188. The summed E-state index contributed by atoms with van der Waals surface area (Å²) in [5.74, 6) is 0.362. The predicted octanol–water partition coefficient (Wildman–Crippen LogP) is 1.64. The van der Waals surface area contributed by atoms with Crippen LogP contribution in [0.4, 0.5) is 0 Å². The zero-order valence-corrected chi connectivity index (χ0v) is 8.20. The van der Waals surface area contributed by atoms with E-state index in [1.54, 1.807) is 12.1 Å². The Morgan fingerprint density at radius 3 is 2.40 bits per heavy atom. The summed E-state index contributed by atoms with van der Waals surface area (Å²) < 4.78 is 1.23. The Kier molecular flexibility index (Phi) is 3.05. The van der Waals surface area contributed by atoms with Crippen LogP contribution in [0.5, 0.6) is 5.75 Å². The van der Waals surface area contributed by atoms with Crippen LogP contribution in [0.15, 0.2) is 24.3 Å². The number of phenols is 1. The standard InChI is InChI=1S/C8H10OTe/c1-10-6-7-2-4-8(9)5-3-7/h2-5,9H,6H2,1H3. The number of rotatable bonds is 2. The van der Waals surface area contributed by atoms with Gasteiger partial charge in [0.05, 0.1) is 0 Å². The summed E-state index contributed by atoms with van der Waals surface area (Å²) in [6, 6.07) is 7.48. The van der Waals surface area contributed by atoms with Crippen molar-refractivity contribution in [1.29, 1.82) is 0 Å². The molecule has 0 saturated heterocycles. The number of aromatic hydroxyl groups is 1. The molecular formula is C8H10OTe. The maximum atomic E-state index is 8.94. The molecule has 1 aromatic carbocycles. The summed E-state index contributed by atoms with van der Waals surface area (Å²) in [5, 5.41) is 8.94. The second-order valence-electron chi connectivity index (χ2n) is 2.10. The van der Waals surface area contributed by atoms with E-state index in [0.717, 1.165) is 0 Å². The van der Waals surface area contributed by atoms with Gasteiger partial charge in [-0.05, 0) is 0 Å². The van der Waals surface area contributed by atoms with E-state index in [1.807, 2.05) is 12.1 Å². The van der Waals surface area contributed by atoms with Gasteiger partial charge in [0.15, 0.2) is 0 Å². The first-order chi connectivity index (χ1) is 4.83. The van der Waals surface area contributed by atoms with Gasteiger partial charge in [-0.1, -0.05) is 0 Å². The van der Waals surface area contributed by atoms with Crippen LogP contribution in [-0.2, 0) is 4.47 Å². The van der Waals surface area contributed by atoms with Crippen molar-refractivity contribution in [2.75, 3.05) is 0 Å². The summed E-state index contributed by atoms with van der Waals surface area (Å²) in [6.45, 7) is 0. The molecular weight excluding hydrogens is 240 g/mol. The second kappa shape index (κ2) is 3.85. The molecule has 1 nitrogen and oxygen atoms in total. The maximum absolute atomic E-state index is 8.94. The molecule has 0 aromatic heterocycles. The molecule has 1 N–H and O–H groups in total. The van der Waals surface area contributed by atoms with E-state index in [2.05, 4.69) is 4.97 Å². The van der Waals surface area contributed by atoms with Gasteiger partial charge >= 0.3 is 71.0 Å². The first-order valence-electron chi connectivity index (χ1n) is 3.10. The summed E-state index contributed by atoms with van der Waals surface area (Å²) in [6.07, 6.45) is 0. The van der Waals surface area contributed by atoms with Crippen molar-refractivity contribution in [2.45, 2.75) is 9.44 Å². The van der Waals surface area contributed by atoms with Crippen LogP contribution in [0.1, 0.15) is 5.56 Å². The van der Waals surface area contributed by atoms with Crippen LogP contribution in [0.3, 0.4) is 0 Å². The summed E-state index contributed by atoms with van der Waals surface area (Å²) >= 11 is 0.188. The third kappa shape index (κ3) is 2.21. The van der Waals surface area contributed by atoms with Crippen LogP contribution in [0.2, 0.25) is 4.97 Å². The van der Waals surface area contributed by atoms with Crippen molar-refractivity contribution in [1.82, 2.24) is 0 Å². The van der Waals surface area contributed by atoms with Gasteiger partial charge in [0.25, 0.3) is 0 Å². The van der Waals surface area contributed by atoms with Crippen LogP contribution in [0, 0.1) is 0 Å². The third-order valence-corrected chi connectivity index (χ3v) is 3.02. The molecule has 10 heavy (non-hydrogen) atoms. The van der Waals surface area contributed by atoms with E-state index in [0.29, 0.717) is 5.75 Å². The molecule has 0 radical (unpaired) electrons. The van der Waals surface area contributed by atoms with Crippen molar-refractivity contribution in [3.05, 3.63) is 29.8 Å². The van der Waals surface area contributed by atoms with Gasteiger partial charge in [-0.3, -0.25) is 0 Å². The second-order valence-corrected chi connectivity index (χ2v) is 4.57. The Labute approximate surface area is 71.2 Å². The van der Waals surface area contributed by atoms with Crippen molar-refractivity contribution >= 4 is 20.9 Å². The van der Waals surface area contributed by atoms with Gasteiger partial charge in [-0.15, -0.1) is 0 Å². The molecule has 0 aliphatic heterocycles. The van der Waals surface area contributed by atoms with Gasteiger partial charge in [0.2, 0.25) is 0 Å². The summed E-state index contributed by atoms with van der Waals surface area (Å²) in [7, 11) is 0. The first kappa shape index (κ1) is 7.91. The average Bonchev–Trinajstić information content (AvgIpc) is 1.95. The Morgan fingerprint density at radius 1 is 1.30 bits per heavy atom. The van der Waals surface area contributed by atoms with Gasteiger partial charge in [-0.2, -0.15) is 0 Å². The molecule has 0 heterocycles. The zero-order chi connectivity index (χ0) is 7.40. The van der Waals surface area contributed by atoms with E-state index >= 15 is 0 Å². The van der Waals surface area contributed by atoms with Crippen LogP contribution in [0.25, 0.3) is 0 Å². The van der Waals surface area contributed by atoms with Crippen molar-refractivity contribution < 1.29 is 5.11 Å². The molecule has 0 fully saturated rings. The molecule has 1 rings (SSSR count). The zero-order valence-electron chi connectivity index (χ0n) is 5.87.